The SMILES string of the molecule is O=C1NC(=O)[C@H]2CC=C[C@@H](NS(=O)(=O)c3ccccc3)[C@@H]12. The van der Waals surface area contributed by atoms with Gasteiger partial charge in [0.05, 0.1) is 22.8 Å². The predicted octanol–water partition coefficient (Wildman–Crippen LogP) is 0.182. The van der Waals surface area contributed by atoms with Crippen LogP contribution in [0.5, 0.6) is 0 Å². The highest BCUT2D eigenvalue weighted by atomic mass is 32.2. The van der Waals surface area contributed by atoms with Crippen molar-refractivity contribution in [3.05, 3.63) is 42.5 Å². The van der Waals surface area contributed by atoms with E-state index in [9.17, 15) is 18.0 Å². The molecule has 0 unspecified atom stereocenters. The summed E-state index contributed by atoms with van der Waals surface area (Å²) in [4.78, 5) is 23.6. The third-order valence-electron chi connectivity index (χ3n) is 3.78. The number of imide groups is 1. The lowest BCUT2D eigenvalue weighted by molar-refractivity contribution is -0.126. The second-order valence-corrected chi connectivity index (χ2v) is 6.82. The van der Waals surface area contributed by atoms with Crippen LogP contribution in [0.3, 0.4) is 0 Å². The van der Waals surface area contributed by atoms with E-state index in [1.54, 1.807) is 30.4 Å². The molecule has 1 aromatic rings. The first-order chi connectivity index (χ1) is 9.99. The van der Waals surface area contributed by atoms with E-state index >= 15 is 0 Å². The van der Waals surface area contributed by atoms with Crippen LogP contribution in [0.4, 0.5) is 0 Å². The number of benzene rings is 1. The molecule has 21 heavy (non-hydrogen) atoms. The number of hydrogen-bond acceptors (Lipinski definition) is 4. The fourth-order valence-electron chi connectivity index (χ4n) is 2.76. The first-order valence-corrected chi connectivity index (χ1v) is 8.06. The molecule has 0 aromatic heterocycles. The van der Waals surface area contributed by atoms with Crippen LogP contribution in [0, 0.1) is 11.8 Å². The number of allylic oxidation sites excluding steroid dienone is 1. The van der Waals surface area contributed by atoms with Gasteiger partial charge in [-0.2, -0.15) is 0 Å². The Balaban J connectivity index is 1.88. The highest BCUT2D eigenvalue weighted by Crippen LogP contribution is 2.31. The van der Waals surface area contributed by atoms with Crippen molar-refractivity contribution in [3.8, 4) is 0 Å². The van der Waals surface area contributed by atoms with Gasteiger partial charge in [0.25, 0.3) is 0 Å². The summed E-state index contributed by atoms with van der Waals surface area (Å²) in [6.45, 7) is 0. The Morgan fingerprint density at radius 3 is 2.52 bits per heavy atom. The van der Waals surface area contributed by atoms with Gasteiger partial charge in [-0.05, 0) is 18.6 Å². The van der Waals surface area contributed by atoms with Gasteiger partial charge in [0.2, 0.25) is 21.8 Å². The van der Waals surface area contributed by atoms with Crippen molar-refractivity contribution in [2.45, 2.75) is 17.4 Å². The largest absolute Gasteiger partial charge is 0.296 e. The molecule has 7 heteroatoms. The Bertz CT molecular complexity index is 712. The van der Waals surface area contributed by atoms with Gasteiger partial charge in [0.15, 0.2) is 0 Å². The summed E-state index contributed by atoms with van der Waals surface area (Å²) >= 11 is 0. The Kier molecular flexibility index (Phi) is 3.38. The standard InChI is InChI=1S/C14H14N2O4S/c17-13-10-7-4-8-11(12(10)14(18)15-13)16-21(19,20)9-5-2-1-3-6-9/h1-6,8,10-12,16H,7H2,(H,15,17,18)/t10-,11+,12-/m0/s1. The fraction of sp³-hybridized carbons (Fsp3) is 0.286. The van der Waals surface area contributed by atoms with E-state index in [0.29, 0.717) is 6.42 Å². The van der Waals surface area contributed by atoms with Gasteiger partial charge in [-0.25, -0.2) is 13.1 Å². The van der Waals surface area contributed by atoms with Gasteiger partial charge in [-0.15, -0.1) is 0 Å². The van der Waals surface area contributed by atoms with Crippen molar-refractivity contribution >= 4 is 21.8 Å². The van der Waals surface area contributed by atoms with Gasteiger partial charge in [0, 0.05) is 0 Å². The normalized spacial score (nSPS) is 28.3. The molecular weight excluding hydrogens is 292 g/mol. The Morgan fingerprint density at radius 2 is 1.81 bits per heavy atom. The van der Waals surface area contributed by atoms with E-state index in [-0.39, 0.29) is 10.8 Å². The molecule has 1 aliphatic heterocycles. The van der Waals surface area contributed by atoms with Crippen molar-refractivity contribution in [3.63, 3.8) is 0 Å². The number of carbonyl (C=O) groups excluding carboxylic acids is 2. The summed E-state index contributed by atoms with van der Waals surface area (Å²) in [6.07, 6.45) is 3.82. The van der Waals surface area contributed by atoms with Gasteiger partial charge in [0.1, 0.15) is 0 Å². The summed E-state index contributed by atoms with van der Waals surface area (Å²) in [6, 6.07) is 7.22. The second-order valence-electron chi connectivity index (χ2n) is 5.11. The molecule has 2 N–H and O–H groups in total. The zero-order valence-electron chi connectivity index (χ0n) is 11.0. The molecule has 6 nitrogen and oxygen atoms in total. The van der Waals surface area contributed by atoms with Crippen molar-refractivity contribution in [2.24, 2.45) is 11.8 Å². The van der Waals surface area contributed by atoms with E-state index in [0.717, 1.165) is 0 Å². The molecule has 3 rings (SSSR count). The molecule has 3 atom stereocenters. The number of fused-ring (bicyclic) bond motifs is 1. The topological polar surface area (TPSA) is 92.3 Å². The predicted molar refractivity (Wildman–Crippen MR) is 74.4 cm³/mol. The second kappa shape index (κ2) is 5.09. The monoisotopic (exact) mass is 306 g/mol. The molecule has 1 aliphatic carbocycles. The molecule has 1 saturated heterocycles. The molecule has 0 saturated carbocycles. The van der Waals surface area contributed by atoms with Crippen LogP contribution < -0.4 is 10.0 Å². The van der Waals surface area contributed by atoms with Gasteiger partial charge in [-0.1, -0.05) is 30.4 Å². The van der Waals surface area contributed by atoms with Crippen LogP contribution in [-0.4, -0.2) is 26.3 Å². The molecule has 0 bridgehead atoms. The van der Waals surface area contributed by atoms with E-state index in [2.05, 4.69) is 10.0 Å². The van der Waals surface area contributed by atoms with Gasteiger partial charge in [-0.3, -0.25) is 14.9 Å². The van der Waals surface area contributed by atoms with Crippen molar-refractivity contribution in [1.82, 2.24) is 10.0 Å². The summed E-state index contributed by atoms with van der Waals surface area (Å²) in [5.41, 5.74) is 0. The molecule has 2 aliphatic rings. The third-order valence-corrected chi connectivity index (χ3v) is 5.26. The molecule has 1 aromatic carbocycles. The van der Waals surface area contributed by atoms with Crippen molar-refractivity contribution in [2.75, 3.05) is 0 Å². The van der Waals surface area contributed by atoms with E-state index in [4.69, 9.17) is 0 Å². The Morgan fingerprint density at radius 1 is 1.10 bits per heavy atom. The summed E-state index contributed by atoms with van der Waals surface area (Å²) in [5.74, 6) is -1.93. The average molecular weight is 306 g/mol. The number of sulfonamides is 1. The van der Waals surface area contributed by atoms with Crippen LogP contribution in [0.2, 0.25) is 0 Å². The Hall–Kier alpha value is -1.99. The molecule has 1 heterocycles. The van der Waals surface area contributed by atoms with Gasteiger partial charge >= 0.3 is 0 Å². The minimum absolute atomic E-state index is 0.130. The van der Waals surface area contributed by atoms with E-state index < -0.39 is 33.8 Å². The minimum Gasteiger partial charge on any atom is -0.296 e. The number of rotatable bonds is 3. The first-order valence-electron chi connectivity index (χ1n) is 6.58. The molecule has 110 valence electrons. The maximum Gasteiger partial charge on any atom is 0.241 e. The maximum atomic E-state index is 12.3. The molecular formula is C14H14N2O4S. The van der Waals surface area contributed by atoms with Crippen molar-refractivity contribution in [1.29, 1.82) is 0 Å². The summed E-state index contributed by atoms with van der Waals surface area (Å²) in [5, 5.41) is 2.26. The minimum atomic E-state index is -3.73. The number of hydrogen-bond donors (Lipinski definition) is 2. The molecule has 0 spiro atoms. The maximum absolute atomic E-state index is 12.3. The zero-order chi connectivity index (χ0) is 15.0. The zero-order valence-corrected chi connectivity index (χ0v) is 11.8. The smallest absolute Gasteiger partial charge is 0.241 e. The molecule has 0 radical (unpaired) electrons. The van der Waals surface area contributed by atoms with Crippen LogP contribution in [0.25, 0.3) is 0 Å². The van der Waals surface area contributed by atoms with E-state index in [1.165, 1.54) is 12.1 Å². The fourth-order valence-corrected chi connectivity index (χ4v) is 4.00. The molecule has 2 amide bonds. The number of amides is 2. The first kappa shape index (κ1) is 14.0. The number of carbonyl (C=O) groups is 2. The van der Waals surface area contributed by atoms with Crippen molar-refractivity contribution < 1.29 is 18.0 Å². The van der Waals surface area contributed by atoms with E-state index in [1.807, 2.05) is 0 Å². The highest BCUT2D eigenvalue weighted by Gasteiger charge is 2.47. The van der Waals surface area contributed by atoms with Crippen LogP contribution in [-0.2, 0) is 19.6 Å². The summed E-state index contributed by atoms with van der Waals surface area (Å²) < 4.78 is 27.1. The quantitative estimate of drug-likeness (QED) is 0.615. The van der Waals surface area contributed by atoms with Gasteiger partial charge < -0.3 is 0 Å². The summed E-state index contributed by atoms with van der Waals surface area (Å²) in [7, 11) is -3.73. The third kappa shape index (κ3) is 2.50. The van der Waals surface area contributed by atoms with Crippen LogP contribution in [0.1, 0.15) is 6.42 Å². The van der Waals surface area contributed by atoms with Crippen LogP contribution >= 0.6 is 0 Å². The lowest BCUT2D eigenvalue weighted by atomic mass is 9.82. The van der Waals surface area contributed by atoms with Crippen LogP contribution in [0.15, 0.2) is 47.4 Å². The highest BCUT2D eigenvalue weighted by molar-refractivity contribution is 7.89. The molecule has 1 fully saturated rings. The lowest BCUT2D eigenvalue weighted by Crippen LogP contribution is -2.45. The lowest BCUT2D eigenvalue weighted by Gasteiger charge is -2.26. The Labute approximate surface area is 122 Å². The number of nitrogens with one attached hydrogen (secondary N) is 2. The average Bonchev–Trinajstić information content (AvgIpc) is 2.76.